The van der Waals surface area contributed by atoms with E-state index in [2.05, 4.69) is 9.88 Å². The second-order valence-electron chi connectivity index (χ2n) is 9.95. The molecule has 3 fully saturated rings. The third kappa shape index (κ3) is 4.99. The maximum absolute atomic E-state index is 12.9. The van der Waals surface area contributed by atoms with E-state index in [1.165, 1.54) is 25.5 Å². The number of benzene rings is 1. The standard InChI is InChI=1S/C26H32N2O4S/c1-33(30,31)24-8-5-19(6-9-24)21-4-7-22(27-16-21)17-32-23-10-12-28(13-11-23)26(29)25-15-18-2-3-20(25)14-18/h4-9,16,18,20,23,25H,2-3,10-15,17H2,1H3. The maximum atomic E-state index is 12.9. The fraction of sp³-hybridized carbons (Fsp3) is 0.538. The number of amides is 1. The van der Waals surface area contributed by atoms with Crippen LogP contribution >= 0.6 is 0 Å². The Kier molecular flexibility index (Phi) is 6.27. The van der Waals surface area contributed by atoms with Gasteiger partial charge in [0, 0.05) is 37.0 Å². The quantitative estimate of drug-likeness (QED) is 0.638. The smallest absolute Gasteiger partial charge is 0.225 e. The van der Waals surface area contributed by atoms with Gasteiger partial charge in [-0.05, 0) is 67.7 Å². The van der Waals surface area contributed by atoms with Crippen LogP contribution in [0.1, 0.15) is 44.2 Å². The van der Waals surface area contributed by atoms with Crippen LogP contribution in [0.2, 0.25) is 0 Å². The molecule has 1 aromatic heterocycles. The van der Waals surface area contributed by atoms with Crippen LogP contribution in [0.25, 0.3) is 11.1 Å². The van der Waals surface area contributed by atoms with Crippen LogP contribution in [0.15, 0.2) is 47.5 Å². The number of sulfone groups is 1. The van der Waals surface area contributed by atoms with E-state index in [9.17, 15) is 13.2 Å². The molecule has 2 aromatic rings. The molecule has 1 aromatic carbocycles. The second-order valence-corrected chi connectivity index (χ2v) is 12.0. The van der Waals surface area contributed by atoms with Gasteiger partial charge in [0.25, 0.3) is 0 Å². The molecule has 33 heavy (non-hydrogen) atoms. The molecule has 3 atom stereocenters. The van der Waals surface area contributed by atoms with E-state index < -0.39 is 9.84 Å². The van der Waals surface area contributed by atoms with Gasteiger partial charge in [0.05, 0.1) is 23.3 Å². The molecule has 3 aliphatic rings. The van der Waals surface area contributed by atoms with Crippen LogP contribution < -0.4 is 0 Å². The number of aromatic nitrogens is 1. The average molecular weight is 469 g/mol. The highest BCUT2D eigenvalue weighted by Crippen LogP contribution is 2.49. The Morgan fingerprint density at radius 3 is 2.30 bits per heavy atom. The number of carbonyl (C=O) groups excluding carboxylic acids is 1. The molecular formula is C26H32N2O4S. The van der Waals surface area contributed by atoms with Crippen LogP contribution in [0.5, 0.6) is 0 Å². The number of carbonyl (C=O) groups is 1. The Labute approximate surface area is 196 Å². The maximum Gasteiger partial charge on any atom is 0.225 e. The lowest BCUT2D eigenvalue weighted by atomic mass is 9.87. The first-order valence-electron chi connectivity index (χ1n) is 12.0. The fourth-order valence-electron chi connectivity index (χ4n) is 5.80. The van der Waals surface area contributed by atoms with Gasteiger partial charge >= 0.3 is 0 Å². The Balaban J connectivity index is 1.09. The van der Waals surface area contributed by atoms with E-state index in [0.717, 1.165) is 55.1 Å². The number of nitrogens with zero attached hydrogens (tertiary/aromatic N) is 2. The lowest BCUT2D eigenvalue weighted by molar-refractivity contribution is -0.140. The third-order valence-electron chi connectivity index (χ3n) is 7.72. The molecular weight excluding hydrogens is 436 g/mol. The fourth-order valence-corrected chi connectivity index (χ4v) is 6.43. The summed E-state index contributed by atoms with van der Waals surface area (Å²) >= 11 is 0. The molecule has 176 valence electrons. The van der Waals surface area contributed by atoms with E-state index in [1.807, 2.05) is 12.1 Å². The summed E-state index contributed by atoms with van der Waals surface area (Å²) in [7, 11) is -3.20. The average Bonchev–Trinajstić information content (AvgIpc) is 3.47. The van der Waals surface area contributed by atoms with Crippen LogP contribution in [0.3, 0.4) is 0 Å². The SMILES string of the molecule is CS(=O)(=O)c1ccc(-c2ccc(COC3CCN(C(=O)C4CC5CCC4C5)CC3)nc2)cc1. The van der Waals surface area contributed by atoms with E-state index >= 15 is 0 Å². The van der Waals surface area contributed by atoms with Crippen molar-refractivity contribution >= 4 is 15.7 Å². The Morgan fingerprint density at radius 2 is 1.73 bits per heavy atom. The van der Waals surface area contributed by atoms with E-state index in [0.29, 0.717) is 23.3 Å². The normalized spacial score (nSPS) is 25.5. The van der Waals surface area contributed by atoms with Crippen molar-refractivity contribution < 1.29 is 17.9 Å². The highest BCUT2D eigenvalue weighted by Gasteiger charge is 2.44. The highest BCUT2D eigenvalue weighted by atomic mass is 32.2. The first-order chi connectivity index (χ1) is 15.9. The number of likely N-dealkylation sites (tertiary alicyclic amines) is 1. The van der Waals surface area contributed by atoms with Crippen molar-refractivity contribution in [2.75, 3.05) is 19.3 Å². The minimum atomic E-state index is -3.20. The molecule has 6 nitrogen and oxygen atoms in total. The molecule has 0 radical (unpaired) electrons. The number of pyridine rings is 1. The van der Waals surface area contributed by atoms with Gasteiger partial charge < -0.3 is 9.64 Å². The summed E-state index contributed by atoms with van der Waals surface area (Å²) in [6.45, 7) is 2.05. The van der Waals surface area contributed by atoms with Gasteiger partial charge in [0.1, 0.15) is 0 Å². The third-order valence-corrected chi connectivity index (χ3v) is 8.84. The first-order valence-corrected chi connectivity index (χ1v) is 13.9. The van der Waals surface area contributed by atoms with Gasteiger partial charge in [0.2, 0.25) is 5.91 Å². The number of ether oxygens (including phenoxy) is 1. The summed E-state index contributed by atoms with van der Waals surface area (Å²) in [4.78, 5) is 19.8. The van der Waals surface area contributed by atoms with Gasteiger partial charge in [-0.15, -0.1) is 0 Å². The monoisotopic (exact) mass is 468 g/mol. The lowest BCUT2D eigenvalue weighted by Gasteiger charge is -2.35. The zero-order valence-electron chi connectivity index (χ0n) is 19.2. The van der Waals surface area contributed by atoms with Crippen LogP contribution in [-0.4, -0.2) is 49.7 Å². The van der Waals surface area contributed by atoms with Crippen molar-refractivity contribution in [2.45, 2.75) is 56.1 Å². The predicted octanol–water partition coefficient (Wildman–Crippen LogP) is 4.10. The summed E-state index contributed by atoms with van der Waals surface area (Å²) in [6.07, 6.45) is 9.90. The van der Waals surface area contributed by atoms with Crippen molar-refractivity contribution in [1.82, 2.24) is 9.88 Å². The van der Waals surface area contributed by atoms with E-state index in [1.54, 1.807) is 30.5 Å². The Hall–Kier alpha value is -2.25. The zero-order valence-corrected chi connectivity index (χ0v) is 20.0. The Morgan fingerprint density at radius 1 is 1.00 bits per heavy atom. The summed E-state index contributed by atoms with van der Waals surface area (Å²) in [5.41, 5.74) is 2.73. The van der Waals surface area contributed by atoms with Crippen molar-refractivity contribution in [3.63, 3.8) is 0 Å². The molecule has 7 heteroatoms. The topological polar surface area (TPSA) is 76.6 Å². The lowest BCUT2D eigenvalue weighted by Crippen LogP contribution is -2.44. The molecule has 1 saturated heterocycles. The summed E-state index contributed by atoms with van der Waals surface area (Å²) in [6, 6.07) is 10.8. The molecule has 2 bridgehead atoms. The number of fused-ring (bicyclic) bond motifs is 2. The molecule has 1 amide bonds. The van der Waals surface area contributed by atoms with Crippen LogP contribution in [0.4, 0.5) is 0 Å². The van der Waals surface area contributed by atoms with Crippen molar-refractivity contribution in [3.05, 3.63) is 48.3 Å². The second kappa shape index (κ2) is 9.18. The largest absolute Gasteiger partial charge is 0.372 e. The summed E-state index contributed by atoms with van der Waals surface area (Å²) in [5, 5.41) is 0. The van der Waals surface area contributed by atoms with Gasteiger partial charge in [-0.3, -0.25) is 9.78 Å². The minimum absolute atomic E-state index is 0.166. The molecule has 0 N–H and O–H groups in total. The van der Waals surface area contributed by atoms with Gasteiger partial charge in [-0.25, -0.2) is 8.42 Å². The Bertz CT molecular complexity index is 1090. The summed E-state index contributed by atoms with van der Waals surface area (Å²) in [5.74, 6) is 2.12. The van der Waals surface area contributed by atoms with Gasteiger partial charge in [-0.1, -0.05) is 24.6 Å². The number of piperidine rings is 1. The molecule has 0 spiro atoms. The molecule has 2 heterocycles. The molecule has 2 saturated carbocycles. The number of hydrogen-bond donors (Lipinski definition) is 0. The molecule has 1 aliphatic heterocycles. The van der Waals surface area contributed by atoms with Gasteiger partial charge in [0.15, 0.2) is 9.84 Å². The first kappa shape index (κ1) is 22.5. The molecule has 2 aliphatic carbocycles. The van der Waals surface area contributed by atoms with Gasteiger partial charge in [-0.2, -0.15) is 0 Å². The van der Waals surface area contributed by atoms with Crippen molar-refractivity contribution in [2.24, 2.45) is 17.8 Å². The molecule has 3 unspecified atom stereocenters. The predicted molar refractivity (Wildman–Crippen MR) is 126 cm³/mol. The highest BCUT2D eigenvalue weighted by molar-refractivity contribution is 7.90. The van der Waals surface area contributed by atoms with Crippen molar-refractivity contribution in [1.29, 1.82) is 0 Å². The van der Waals surface area contributed by atoms with Crippen molar-refractivity contribution in [3.8, 4) is 11.1 Å². The number of hydrogen-bond acceptors (Lipinski definition) is 5. The zero-order chi connectivity index (χ0) is 23.0. The number of rotatable bonds is 6. The minimum Gasteiger partial charge on any atom is -0.372 e. The van der Waals surface area contributed by atoms with E-state index in [4.69, 9.17) is 4.74 Å². The summed E-state index contributed by atoms with van der Waals surface area (Å²) < 4.78 is 29.3. The van der Waals surface area contributed by atoms with Crippen LogP contribution in [0, 0.1) is 17.8 Å². The molecule has 5 rings (SSSR count). The van der Waals surface area contributed by atoms with E-state index in [-0.39, 0.29) is 12.0 Å². The van der Waals surface area contributed by atoms with Crippen LogP contribution in [-0.2, 0) is 26.0 Å².